The lowest BCUT2D eigenvalue weighted by molar-refractivity contribution is -0.115. The van der Waals surface area contributed by atoms with Crippen LogP contribution in [-0.4, -0.2) is 26.0 Å². The minimum Gasteiger partial charge on any atom is -0.335 e. The molecule has 27 heavy (non-hydrogen) atoms. The molecule has 1 amide bonds. The molecule has 0 spiro atoms. The summed E-state index contributed by atoms with van der Waals surface area (Å²) in [6.45, 7) is 3.63. The first-order valence-electron chi connectivity index (χ1n) is 8.05. The van der Waals surface area contributed by atoms with Gasteiger partial charge in [-0.25, -0.2) is 13.5 Å². The molecular formula is C18H17F2N5OS. The summed E-state index contributed by atoms with van der Waals surface area (Å²) in [5.41, 5.74) is 2.08. The molecule has 0 aliphatic carbocycles. The van der Waals surface area contributed by atoms with Crippen molar-refractivity contribution in [3.05, 3.63) is 59.7 Å². The van der Waals surface area contributed by atoms with Crippen molar-refractivity contribution in [2.75, 3.05) is 11.2 Å². The molecule has 0 aliphatic rings. The van der Waals surface area contributed by atoms with Crippen molar-refractivity contribution in [2.24, 2.45) is 0 Å². The van der Waals surface area contributed by atoms with Crippen molar-refractivity contribution >= 4 is 23.4 Å². The highest BCUT2D eigenvalue weighted by atomic mass is 32.2. The van der Waals surface area contributed by atoms with Gasteiger partial charge >= 0.3 is 0 Å². The summed E-state index contributed by atoms with van der Waals surface area (Å²) in [4.78, 5) is 12.3. The van der Waals surface area contributed by atoms with Crippen LogP contribution in [0.1, 0.15) is 12.5 Å². The Morgan fingerprint density at radius 2 is 1.85 bits per heavy atom. The van der Waals surface area contributed by atoms with Crippen molar-refractivity contribution in [2.45, 2.75) is 24.3 Å². The molecular weight excluding hydrogens is 372 g/mol. The van der Waals surface area contributed by atoms with Crippen LogP contribution in [0.4, 0.5) is 14.5 Å². The number of benzene rings is 2. The summed E-state index contributed by atoms with van der Waals surface area (Å²) in [6.07, 6.45) is 0. The average Bonchev–Trinajstić information content (AvgIpc) is 2.99. The summed E-state index contributed by atoms with van der Waals surface area (Å²) in [5.74, 6) is 4.13. The Hall–Kier alpha value is -2.94. The van der Waals surface area contributed by atoms with E-state index in [2.05, 4.69) is 15.5 Å². The van der Waals surface area contributed by atoms with Crippen LogP contribution in [0.2, 0.25) is 0 Å². The maximum Gasteiger partial charge on any atom is 0.237 e. The Morgan fingerprint density at radius 3 is 2.52 bits per heavy atom. The van der Waals surface area contributed by atoms with Crippen LogP contribution in [0.15, 0.2) is 47.6 Å². The number of nitrogens with zero attached hydrogens (tertiary/aromatic N) is 3. The van der Waals surface area contributed by atoms with Gasteiger partial charge in [-0.05, 0) is 26.0 Å². The number of thioether (sulfide) groups is 1. The van der Waals surface area contributed by atoms with Crippen LogP contribution in [0.25, 0.3) is 11.4 Å². The zero-order chi connectivity index (χ0) is 19.6. The maximum atomic E-state index is 13.2. The smallest absolute Gasteiger partial charge is 0.237 e. The minimum absolute atomic E-state index is 0.168. The van der Waals surface area contributed by atoms with Crippen LogP contribution in [0.3, 0.4) is 0 Å². The fourth-order valence-electron chi connectivity index (χ4n) is 2.29. The standard InChI is InChI=1S/C18H17F2N5OS/c1-10-3-5-12(6-4-10)16-23-24-18(25(16)21)27-11(2)17(26)22-13-7-8-14(19)15(20)9-13/h3-9,11H,21H2,1-2H3,(H,22,26)/t11-/m1/s1. The van der Waals surface area contributed by atoms with E-state index in [9.17, 15) is 13.6 Å². The van der Waals surface area contributed by atoms with Gasteiger partial charge in [0.1, 0.15) is 0 Å². The number of carbonyl (C=O) groups excluding carboxylic acids is 1. The van der Waals surface area contributed by atoms with Gasteiger partial charge in [0.15, 0.2) is 17.5 Å². The molecule has 0 fully saturated rings. The van der Waals surface area contributed by atoms with E-state index >= 15 is 0 Å². The monoisotopic (exact) mass is 389 g/mol. The molecule has 0 saturated heterocycles. The highest BCUT2D eigenvalue weighted by Gasteiger charge is 2.20. The lowest BCUT2D eigenvalue weighted by Gasteiger charge is -2.11. The molecule has 140 valence electrons. The molecule has 0 saturated carbocycles. The topological polar surface area (TPSA) is 85.8 Å². The van der Waals surface area contributed by atoms with E-state index in [0.717, 1.165) is 35.0 Å². The molecule has 0 radical (unpaired) electrons. The highest BCUT2D eigenvalue weighted by Crippen LogP contribution is 2.26. The second kappa shape index (κ2) is 7.75. The molecule has 1 heterocycles. The van der Waals surface area contributed by atoms with Gasteiger partial charge in [-0.3, -0.25) is 4.79 Å². The number of nitrogens with two attached hydrogens (primary N) is 1. The summed E-state index contributed by atoms with van der Waals surface area (Å²) in [6, 6.07) is 10.8. The van der Waals surface area contributed by atoms with Crippen LogP contribution in [0.5, 0.6) is 0 Å². The second-order valence-electron chi connectivity index (χ2n) is 5.92. The summed E-state index contributed by atoms with van der Waals surface area (Å²) in [7, 11) is 0. The van der Waals surface area contributed by atoms with Gasteiger partial charge in [0, 0.05) is 17.3 Å². The van der Waals surface area contributed by atoms with Crippen molar-refractivity contribution in [3.63, 3.8) is 0 Å². The Labute approximate surface area is 158 Å². The third kappa shape index (κ3) is 4.25. The number of hydrogen-bond acceptors (Lipinski definition) is 5. The average molecular weight is 389 g/mol. The van der Waals surface area contributed by atoms with Crippen molar-refractivity contribution in [3.8, 4) is 11.4 Å². The lowest BCUT2D eigenvalue weighted by Crippen LogP contribution is -2.23. The number of carbonyl (C=O) groups is 1. The number of anilines is 1. The molecule has 1 atom stereocenters. The molecule has 1 aromatic heterocycles. The predicted molar refractivity (Wildman–Crippen MR) is 101 cm³/mol. The Kier molecular flexibility index (Phi) is 5.41. The second-order valence-corrected chi connectivity index (χ2v) is 7.23. The molecule has 0 bridgehead atoms. The number of aromatic nitrogens is 3. The van der Waals surface area contributed by atoms with E-state index in [0.29, 0.717) is 11.0 Å². The number of nitrogen functional groups attached to an aromatic ring is 1. The summed E-state index contributed by atoms with van der Waals surface area (Å²) >= 11 is 1.11. The van der Waals surface area contributed by atoms with Gasteiger partial charge < -0.3 is 11.2 Å². The molecule has 3 rings (SSSR count). The van der Waals surface area contributed by atoms with Crippen molar-refractivity contribution < 1.29 is 13.6 Å². The molecule has 0 unspecified atom stereocenters. The molecule has 6 nitrogen and oxygen atoms in total. The molecule has 0 aliphatic heterocycles. The Morgan fingerprint density at radius 1 is 1.15 bits per heavy atom. The Bertz CT molecular complexity index is 974. The zero-order valence-electron chi connectivity index (χ0n) is 14.6. The fourth-order valence-corrected chi connectivity index (χ4v) is 3.06. The summed E-state index contributed by atoms with van der Waals surface area (Å²) < 4.78 is 27.5. The zero-order valence-corrected chi connectivity index (χ0v) is 15.4. The van der Waals surface area contributed by atoms with Crippen LogP contribution < -0.4 is 11.2 Å². The van der Waals surface area contributed by atoms with E-state index in [1.165, 1.54) is 10.7 Å². The molecule has 3 aromatic rings. The molecule has 9 heteroatoms. The predicted octanol–water partition coefficient (Wildman–Crippen LogP) is 3.36. The maximum absolute atomic E-state index is 13.2. The SMILES string of the molecule is Cc1ccc(-c2nnc(S[C@H](C)C(=O)Nc3ccc(F)c(F)c3)n2N)cc1. The van der Waals surface area contributed by atoms with Gasteiger partial charge in [0.2, 0.25) is 11.1 Å². The third-order valence-corrected chi connectivity index (χ3v) is 4.87. The normalized spacial score (nSPS) is 12.0. The number of hydrogen-bond donors (Lipinski definition) is 2. The first kappa shape index (κ1) is 18.8. The van der Waals surface area contributed by atoms with Crippen molar-refractivity contribution in [1.82, 2.24) is 14.9 Å². The first-order chi connectivity index (χ1) is 12.8. The van der Waals surface area contributed by atoms with E-state index in [-0.39, 0.29) is 5.69 Å². The first-order valence-corrected chi connectivity index (χ1v) is 8.93. The number of nitrogens with one attached hydrogen (secondary N) is 1. The van der Waals surface area contributed by atoms with Crippen LogP contribution in [0, 0.1) is 18.6 Å². The van der Waals surface area contributed by atoms with Crippen LogP contribution in [-0.2, 0) is 4.79 Å². The number of amides is 1. The number of aryl methyl sites for hydroxylation is 1. The van der Waals surface area contributed by atoms with Gasteiger partial charge in [0.25, 0.3) is 0 Å². The molecule has 2 aromatic carbocycles. The minimum atomic E-state index is -1.03. The molecule has 3 N–H and O–H groups in total. The number of rotatable bonds is 5. The van der Waals surface area contributed by atoms with Gasteiger partial charge in [-0.1, -0.05) is 41.6 Å². The van der Waals surface area contributed by atoms with Crippen LogP contribution >= 0.6 is 11.8 Å². The van der Waals surface area contributed by atoms with E-state index < -0.39 is 22.8 Å². The largest absolute Gasteiger partial charge is 0.335 e. The van der Waals surface area contributed by atoms with Gasteiger partial charge in [-0.15, -0.1) is 10.2 Å². The quantitative estimate of drug-likeness (QED) is 0.516. The number of halogens is 2. The van der Waals surface area contributed by atoms with E-state index in [1.807, 2.05) is 31.2 Å². The fraction of sp³-hybridized carbons (Fsp3) is 0.167. The highest BCUT2D eigenvalue weighted by molar-refractivity contribution is 8.00. The van der Waals surface area contributed by atoms with Gasteiger partial charge in [-0.2, -0.15) is 0 Å². The van der Waals surface area contributed by atoms with E-state index in [4.69, 9.17) is 5.84 Å². The lowest BCUT2D eigenvalue weighted by atomic mass is 10.1. The van der Waals surface area contributed by atoms with Crippen molar-refractivity contribution in [1.29, 1.82) is 0 Å². The Balaban J connectivity index is 1.70. The van der Waals surface area contributed by atoms with Gasteiger partial charge in [0.05, 0.1) is 5.25 Å². The van der Waals surface area contributed by atoms with E-state index in [1.54, 1.807) is 6.92 Å². The summed E-state index contributed by atoms with van der Waals surface area (Å²) in [5, 5.41) is 10.4. The third-order valence-electron chi connectivity index (χ3n) is 3.81.